The van der Waals surface area contributed by atoms with E-state index < -0.39 is 5.54 Å². The van der Waals surface area contributed by atoms with Gasteiger partial charge in [0.05, 0.1) is 0 Å². The Balaban J connectivity index is 2.34. The molecule has 0 aromatic heterocycles. The van der Waals surface area contributed by atoms with Gasteiger partial charge in [0, 0.05) is 0 Å². The first-order valence-corrected chi connectivity index (χ1v) is 7.16. The molecule has 0 radical (unpaired) electrons. The molecule has 3 nitrogen and oxygen atoms in total. The van der Waals surface area contributed by atoms with Crippen LogP contribution in [0.2, 0.25) is 0 Å². The summed E-state index contributed by atoms with van der Waals surface area (Å²) in [6.07, 6.45) is 0. The normalized spacial score (nSPS) is 11.6. The average molecular weight is 290 g/mol. The highest BCUT2D eigenvalue weighted by molar-refractivity contribution is 5.48. The van der Waals surface area contributed by atoms with E-state index in [1.165, 1.54) is 0 Å². The Bertz CT molecular complexity index is 616. The lowest BCUT2D eigenvalue weighted by atomic mass is 9.77. The van der Waals surface area contributed by atoms with Crippen LogP contribution in [0, 0.1) is 0 Å². The number of hydrazine groups is 1. The maximum Gasteiger partial charge on any atom is 0.136 e. The molecule has 3 aromatic carbocycles. The summed E-state index contributed by atoms with van der Waals surface area (Å²) < 4.78 is 0. The van der Waals surface area contributed by atoms with Gasteiger partial charge >= 0.3 is 0 Å². The summed E-state index contributed by atoms with van der Waals surface area (Å²) in [7, 11) is 0. The van der Waals surface area contributed by atoms with Crippen molar-refractivity contribution in [3.63, 3.8) is 0 Å². The number of nitrogens with zero attached hydrogens (tertiary/aromatic N) is 1. The van der Waals surface area contributed by atoms with Gasteiger partial charge in [-0.3, -0.25) is 5.21 Å². The van der Waals surface area contributed by atoms with E-state index in [0.29, 0.717) is 0 Å². The van der Waals surface area contributed by atoms with Gasteiger partial charge in [-0.15, -0.1) is 5.17 Å². The fraction of sp³-hybridized carbons (Fsp3) is 0.0526. The molecule has 0 aliphatic rings. The van der Waals surface area contributed by atoms with Gasteiger partial charge in [0.25, 0.3) is 0 Å². The molecule has 0 amide bonds. The van der Waals surface area contributed by atoms with Crippen LogP contribution in [-0.4, -0.2) is 10.4 Å². The molecule has 3 heteroatoms. The summed E-state index contributed by atoms with van der Waals surface area (Å²) in [5.41, 5.74) is 1.75. The van der Waals surface area contributed by atoms with Crippen LogP contribution in [0.25, 0.3) is 0 Å². The third kappa shape index (κ3) is 2.31. The van der Waals surface area contributed by atoms with Crippen molar-refractivity contribution in [2.75, 3.05) is 0 Å². The molecule has 110 valence electrons. The maximum atomic E-state index is 10.4. The highest BCUT2D eigenvalue weighted by atomic mass is 16.5. The highest BCUT2D eigenvalue weighted by Crippen LogP contribution is 2.39. The summed E-state index contributed by atoms with van der Waals surface area (Å²) in [6, 6.07) is 29.3. The molecule has 3 aromatic rings. The van der Waals surface area contributed by atoms with E-state index in [0.717, 1.165) is 21.9 Å². The largest absolute Gasteiger partial charge is 0.298 e. The number of hydroxylamine groups is 1. The van der Waals surface area contributed by atoms with Gasteiger partial charge in [0.15, 0.2) is 0 Å². The Morgan fingerprint density at radius 1 is 0.591 bits per heavy atom. The van der Waals surface area contributed by atoms with Crippen LogP contribution in [0.5, 0.6) is 0 Å². The molecule has 0 aliphatic carbocycles. The molecule has 0 fully saturated rings. The zero-order valence-electron chi connectivity index (χ0n) is 12.1. The summed E-state index contributed by atoms with van der Waals surface area (Å²) in [4.78, 5) is 0. The molecule has 0 atom stereocenters. The number of hydrogen-bond donors (Lipinski definition) is 2. The molecule has 3 rings (SSSR count). The van der Waals surface area contributed by atoms with Crippen LogP contribution in [0.1, 0.15) is 16.7 Å². The smallest absolute Gasteiger partial charge is 0.136 e. The van der Waals surface area contributed by atoms with Crippen LogP contribution in [0.3, 0.4) is 0 Å². The Kier molecular flexibility index (Phi) is 4.02. The summed E-state index contributed by atoms with van der Waals surface area (Å²) in [6.45, 7) is 0. The monoisotopic (exact) mass is 290 g/mol. The van der Waals surface area contributed by atoms with Crippen molar-refractivity contribution < 1.29 is 5.21 Å². The molecular weight excluding hydrogens is 272 g/mol. The predicted octanol–water partition coefficient (Wildman–Crippen LogP) is 3.54. The third-order valence-corrected chi connectivity index (χ3v) is 3.92. The van der Waals surface area contributed by atoms with Crippen molar-refractivity contribution in [2.45, 2.75) is 5.54 Å². The topological polar surface area (TPSA) is 49.5 Å². The minimum Gasteiger partial charge on any atom is -0.298 e. The van der Waals surface area contributed by atoms with Gasteiger partial charge in [-0.25, -0.2) is 5.84 Å². The molecule has 0 aliphatic heterocycles. The Morgan fingerprint density at radius 3 is 1.09 bits per heavy atom. The van der Waals surface area contributed by atoms with E-state index in [1.54, 1.807) is 0 Å². The van der Waals surface area contributed by atoms with Gasteiger partial charge < -0.3 is 0 Å². The standard InChI is InChI=1S/C19H18N2O/c20-21(22)19(16-10-4-1-5-11-16,17-12-6-2-7-13-17)18-14-8-3-9-15-18/h1-15,22H,20H2. The first kappa shape index (κ1) is 14.5. The van der Waals surface area contributed by atoms with Crippen LogP contribution in [0.4, 0.5) is 0 Å². The quantitative estimate of drug-likeness (QED) is 0.439. The molecule has 0 unspecified atom stereocenters. The third-order valence-electron chi connectivity index (χ3n) is 3.92. The second-order valence-electron chi connectivity index (χ2n) is 5.15. The lowest BCUT2D eigenvalue weighted by molar-refractivity contribution is -0.152. The minimum atomic E-state index is -0.955. The molecule has 0 saturated carbocycles. The fourth-order valence-electron chi connectivity index (χ4n) is 2.93. The lowest BCUT2D eigenvalue weighted by Gasteiger charge is -2.39. The molecule has 0 saturated heterocycles. The highest BCUT2D eigenvalue weighted by Gasteiger charge is 2.40. The molecular formula is C19H18N2O. The fourth-order valence-corrected chi connectivity index (χ4v) is 2.93. The first-order valence-electron chi connectivity index (χ1n) is 7.16. The van der Waals surface area contributed by atoms with E-state index in [4.69, 9.17) is 5.84 Å². The van der Waals surface area contributed by atoms with Crippen molar-refractivity contribution in [3.8, 4) is 0 Å². The number of nitrogens with two attached hydrogens (primary N) is 1. The molecule has 0 heterocycles. The second kappa shape index (κ2) is 6.12. The van der Waals surface area contributed by atoms with Crippen LogP contribution >= 0.6 is 0 Å². The van der Waals surface area contributed by atoms with Crippen LogP contribution in [0.15, 0.2) is 91.0 Å². The lowest BCUT2D eigenvalue weighted by Crippen LogP contribution is -2.50. The zero-order valence-corrected chi connectivity index (χ0v) is 12.1. The summed E-state index contributed by atoms with van der Waals surface area (Å²) >= 11 is 0. The Labute approximate surface area is 130 Å². The van der Waals surface area contributed by atoms with Gasteiger partial charge in [-0.2, -0.15) is 0 Å². The first-order chi connectivity index (χ1) is 10.8. The van der Waals surface area contributed by atoms with E-state index in [1.807, 2.05) is 91.0 Å². The number of hydrogen-bond acceptors (Lipinski definition) is 3. The van der Waals surface area contributed by atoms with Crippen LogP contribution in [-0.2, 0) is 5.54 Å². The zero-order chi connectivity index (χ0) is 15.4. The Hall–Kier alpha value is -2.46. The van der Waals surface area contributed by atoms with Crippen LogP contribution < -0.4 is 5.84 Å². The van der Waals surface area contributed by atoms with Crippen molar-refractivity contribution in [1.29, 1.82) is 0 Å². The van der Waals surface area contributed by atoms with E-state index >= 15 is 0 Å². The summed E-state index contributed by atoms with van der Waals surface area (Å²) in [5.74, 6) is 5.96. The van der Waals surface area contributed by atoms with Gasteiger partial charge in [0.2, 0.25) is 0 Å². The van der Waals surface area contributed by atoms with E-state index in [2.05, 4.69) is 0 Å². The average Bonchev–Trinajstić information content (AvgIpc) is 2.58. The van der Waals surface area contributed by atoms with Gasteiger partial charge in [0.1, 0.15) is 5.54 Å². The maximum absolute atomic E-state index is 10.4. The van der Waals surface area contributed by atoms with Gasteiger partial charge in [-0.05, 0) is 16.7 Å². The predicted molar refractivity (Wildman–Crippen MR) is 87.0 cm³/mol. The minimum absolute atomic E-state index is 0.799. The SMILES string of the molecule is NN(O)C(c1ccccc1)(c1ccccc1)c1ccccc1. The summed E-state index contributed by atoms with van der Waals surface area (Å²) in [5, 5.41) is 11.2. The number of rotatable bonds is 4. The Morgan fingerprint density at radius 2 is 0.864 bits per heavy atom. The molecule has 0 bridgehead atoms. The molecule has 22 heavy (non-hydrogen) atoms. The van der Waals surface area contributed by atoms with E-state index in [-0.39, 0.29) is 0 Å². The van der Waals surface area contributed by atoms with E-state index in [9.17, 15) is 5.21 Å². The number of benzene rings is 3. The molecule has 0 spiro atoms. The second-order valence-corrected chi connectivity index (χ2v) is 5.15. The van der Waals surface area contributed by atoms with Crippen molar-refractivity contribution in [2.24, 2.45) is 5.84 Å². The van der Waals surface area contributed by atoms with Crippen molar-refractivity contribution in [1.82, 2.24) is 5.17 Å². The van der Waals surface area contributed by atoms with Crippen molar-refractivity contribution in [3.05, 3.63) is 108 Å². The van der Waals surface area contributed by atoms with Gasteiger partial charge in [-0.1, -0.05) is 91.0 Å². The molecule has 3 N–H and O–H groups in total. The van der Waals surface area contributed by atoms with Crippen molar-refractivity contribution >= 4 is 0 Å².